The number of thiazole rings is 1. The number of amides is 1. The number of fused-ring (bicyclic) bond motifs is 1. The van der Waals surface area contributed by atoms with Gasteiger partial charge in [-0.2, -0.15) is 0 Å². The molecular formula is C14H15N5OS. The number of pyridine rings is 1. The Morgan fingerprint density at radius 1 is 1.48 bits per heavy atom. The van der Waals surface area contributed by atoms with Gasteiger partial charge in [0.2, 0.25) is 0 Å². The van der Waals surface area contributed by atoms with Crippen molar-refractivity contribution in [1.29, 1.82) is 0 Å². The molecule has 0 saturated carbocycles. The largest absolute Gasteiger partial charge is 0.375 e. The topological polar surface area (TPSA) is 85.3 Å². The first-order valence-electron chi connectivity index (χ1n) is 6.50. The molecule has 3 aromatic heterocycles. The zero-order chi connectivity index (χ0) is 15.0. The van der Waals surface area contributed by atoms with Crippen molar-refractivity contribution < 1.29 is 4.79 Å². The molecule has 1 unspecified atom stereocenters. The normalized spacial score (nSPS) is 12.5. The number of aryl methyl sites for hydroxylation is 1. The lowest BCUT2D eigenvalue weighted by Crippen LogP contribution is -2.27. The quantitative estimate of drug-likeness (QED) is 0.776. The van der Waals surface area contributed by atoms with Crippen molar-refractivity contribution in [3.8, 4) is 0 Å². The van der Waals surface area contributed by atoms with Gasteiger partial charge in [0.1, 0.15) is 11.3 Å². The lowest BCUT2D eigenvalue weighted by atomic mass is 10.2. The van der Waals surface area contributed by atoms with Crippen molar-refractivity contribution >= 4 is 28.0 Å². The summed E-state index contributed by atoms with van der Waals surface area (Å²) in [6.07, 6.45) is 3.59. The summed E-state index contributed by atoms with van der Waals surface area (Å²) in [5.74, 6) is -0.225. The van der Waals surface area contributed by atoms with Crippen LogP contribution in [0.1, 0.15) is 34.7 Å². The molecule has 21 heavy (non-hydrogen) atoms. The molecule has 1 amide bonds. The van der Waals surface area contributed by atoms with E-state index >= 15 is 0 Å². The van der Waals surface area contributed by atoms with Crippen molar-refractivity contribution in [1.82, 2.24) is 19.7 Å². The van der Waals surface area contributed by atoms with Crippen LogP contribution in [0.25, 0.3) is 5.65 Å². The number of nitrogen functional groups attached to an aromatic ring is 1. The Hall–Kier alpha value is -2.41. The van der Waals surface area contributed by atoms with Crippen LogP contribution in [0.2, 0.25) is 0 Å². The van der Waals surface area contributed by atoms with Crippen LogP contribution in [0.4, 0.5) is 5.13 Å². The minimum Gasteiger partial charge on any atom is -0.375 e. The smallest absolute Gasteiger partial charge is 0.272 e. The number of nitrogens with zero attached hydrogens (tertiary/aromatic N) is 3. The average Bonchev–Trinajstić information content (AvgIpc) is 3.05. The van der Waals surface area contributed by atoms with E-state index in [1.54, 1.807) is 6.20 Å². The van der Waals surface area contributed by atoms with Crippen LogP contribution in [0.15, 0.2) is 29.9 Å². The fourth-order valence-electron chi connectivity index (χ4n) is 2.11. The molecule has 0 aliphatic heterocycles. The average molecular weight is 301 g/mol. The highest BCUT2D eigenvalue weighted by atomic mass is 32.1. The second kappa shape index (κ2) is 5.17. The van der Waals surface area contributed by atoms with E-state index in [9.17, 15) is 4.79 Å². The van der Waals surface area contributed by atoms with E-state index < -0.39 is 0 Å². The summed E-state index contributed by atoms with van der Waals surface area (Å²) in [6, 6.07) is 3.67. The molecule has 0 bridgehead atoms. The van der Waals surface area contributed by atoms with E-state index in [1.807, 2.05) is 42.0 Å². The first-order chi connectivity index (χ1) is 10.0. The number of rotatable bonds is 3. The number of anilines is 1. The maximum atomic E-state index is 12.3. The fraction of sp³-hybridized carbons (Fsp3) is 0.214. The third kappa shape index (κ3) is 2.59. The third-order valence-corrected chi connectivity index (χ3v) is 3.93. The Morgan fingerprint density at radius 2 is 2.29 bits per heavy atom. The minimum atomic E-state index is -0.225. The predicted molar refractivity (Wildman–Crippen MR) is 82.3 cm³/mol. The van der Waals surface area contributed by atoms with Crippen LogP contribution in [0.3, 0.4) is 0 Å². The standard InChI is InChI=1S/C14H15N5OS/c1-8-4-3-5-19-6-10(17-12(8)19)13(20)16-9(2)11-7-21-14(15)18-11/h3-7,9H,1-2H3,(H2,15,18)(H,16,20). The highest BCUT2D eigenvalue weighted by Gasteiger charge is 2.16. The van der Waals surface area contributed by atoms with Gasteiger partial charge < -0.3 is 15.5 Å². The molecule has 1 atom stereocenters. The molecule has 0 fully saturated rings. The number of hydrogen-bond acceptors (Lipinski definition) is 5. The van der Waals surface area contributed by atoms with E-state index in [0.29, 0.717) is 10.8 Å². The van der Waals surface area contributed by atoms with Crippen LogP contribution in [0.5, 0.6) is 0 Å². The molecular weight excluding hydrogens is 286 g/mol. The van der Waals surface area contributed by atoms with Gasteiger partial charge in [0, 0.05) is 17.8 Å². The first-order valence-corrected chi connectivity index (χ1v) is 7.38. The number of aromatic nitrogens is 3. The lowest BCUT2D eigenvalue weighted by molar-refractivity contribution is 0.0935. The Kier molecular flexibility index (Phi) is 3.34. The van der Waals surface area contributed by atoms with Gasteiger partial charge in [-0.05, 0) is 25.5 Å². The van der Waals surface area contributed by atoms with Gasteiger partial charge in [0.15, 0.2) is 5.13 Å². The number of nitrogens with two attached hydrogens (primary N) is 1. The van der Waals surface area contributed by atoms with Crippen molar-refractivity contribution in [2.24, 2.45) is 0 Å². The van der Waals surface area contributed by atoms with Crippen LogP contribution in [-0.4, -0.2) is 20.3 Å². The molecule has 108 valence electrons. The third-order valence-electron chi connectivity index (χ3n) is 3.24. The van der Waals surface area contributed by atoms with Gasteiger partial charge in [-0.1, -0.05) is 6.07 Å². The number of imidazole rings is 1. The van der Waals surface area contributed by atoms with Gasteiger partial charge in [-0.25, -0.2) is 9.97 Å². The fourth-order valence-corrected chi connectivity index (χ4v) is 2.76. The van der Waals surface area contributed by atoms with Crippen molar-refractivity contribution in [2.45, 2.75) is 19.9 Å². The van der Waals surface area contributed by atoms with Gasteiger partial charge in [-0.15, -0.1) is 11.3 Å². The molecule has 6 nitrogen and oxygen atoms in total. The highest BCUT2D eigenvalue weighted by Crippen LogP contribution is 2.18. The van der Waals surface area contributed by atoms with Gasteiger partial charge in [0.05, 0.1) is 11.7 Å². The summed E-state index contributed by atoms with van der Waals surface area (Å²) in [6.45, 7) is 3.83. The zero-order valence-electron chi connectivity index (χ0n) is 11.7. The molecule has 3 heterocycles. The number of nitrogens with one attached hydrogen (secondary N) is 1. The summed E-state index contributed by atoms with van der Waals surface area (Å²) in [7, 11) is 0. The number of hydrogen-bond donors (Lipinski definition) is 2. The first kappa shape index (κ1) is 13.6. The Labute approximate surface area is 125 Å². The SMILES string of the molecule is Cc1cccn2cc(C(=O)NC(C)c3csc(N)n3)nc12. The van der Waals surface area contributed by atoms with Gasteiger partial charge in [-0.3, -0.25) is 4.79 Å². The van der Waals surface area contributed by atoms with E-state index in [4.69, 9.17) is 5.73 Å². The number of carbonyl (C=O) groups excluding carboxylic acids is 1. The van der Waals surface area contributed by atoms with Crippen LogP contribution in [-0.2, 0) is 0 Å². The second-order valence-electron chi connectivity index (χ2n) is 4.85. The molecule has 3 aromatic rings. The summed E-state index contributed by atoms with van der Waals surface area (Å²) >= 11 is 1.36. The number of carbonyl (C=O) groups is 1. The molecule has 7 heteroatoms. The van der Waals surface area contributed by atoms with Crippen LogP contribution in [0, 0.1) is 6.92 Å². The van der Waals surface area contributed by atoms with Gasteiger partial charge in [0.25, 0.3) is 5.91 Å². The summed E-state index contributed by atoms with van der Waals surface area (Å²) in [4.78, 5) is 20.8. The monoisotopic (exact) mass is 301 g/mol. The van der Waals surface area contributed by atoms with E-state index in [1.165, 1.54) is 11.3 Å². The van der Waals surface area contributed by atoms with E-state index in [2.05, 4.69) is 15.3 Å². The Morgan fingerprint density at radius 3 is 2.95 bits per heavy atom. The lowest BCUT2D eigenvalue weighted by Gasteiger charge is -2.09. The minimum absolute atomic E-state index is 0.211. The second-order valence-corrected chi connectivity index (χ2v) is 5.74. The van der Waals surface area contributed by atoms with Crippen molar-refractivity contribution in [2.75, 3.05) is 5.73 Å². The van der Waals surface area contributed by atoms with Crippen molar-refractivity contribution in [3.05, 3.63) is 46.9 Å². The molecule has 0 radical (unpaired) electrons. The molecule has 0 aliphatic carbocycles. The maximum Gasteiger partial charge on any atom is 0.272 e. The van der Waals surface area contributed by atoms with Gasteiger partial charge >= 0.3 is 0 Å². The Bertz CT molecular complexity index is 807. The summed E-state index contributed by atoms with van der Waals surface area (Å²) < 4.78 is 1.84. The van der Waals surface area contributed by atoms with Crippen LogP contribution >= 0.6 is 11.3 Å². The zero-order valence-corrected chi connectivity index (χ0v) is 12.5. The molecule has 3 N–H and O–H groups in total. The maximum absolute atomic E-state index is 12.3. The molecule has 0 aromatic carbocycles. The molecule has 3 rings (SSSR count). The Balaban J connectivity index is 1.82. The van der Waals surface area contributed by atoms with Crippen LogP contribution < -0.4 is 11.1 Å². The summed E-state index contributed by atoms with van der Waals surface area (Å²) in [5, 5.41) is 5.22. The highest BCUT2D eigenvalue weighted by molar-refractivity contribution is 7.13. The molecule has 0 saturated heterocycles. The van der Waals surface area contributed by atoms with E-state index in [-0.39, 0.29) is 11.9 Å². The van der Waals surface area contributed by atoms with Crippen molar-refractivity contribution in [3.63, 3.8) is 0 Å². The molecule has 0 spiro atoms. The summed E-state index contributed by atoms with van der Waals surface area (Å²) in [5.41, 5.74) is 8.56. The molecule has 0 aliphatic rings. The van der Waals surface area contributed by atoms with E-state index in [0.717, 1.165) is 16.9 Å². The predicted octanol–water partition coefficient (Wildman–Crippen LogP) is 2.17.